The number of hydrogen-bond donors (Lipinski definition) is 1. The number of hydrogen-bond acceptors (Lipinski definition) is 2. The lowest BCUT2D eigenvalue weighted by Gasteiger charge is -2.31. The number of carbonyl (C=O) groups is 2. The molecule has 0 radical (unpaired) electrons. The van der Waals surface area contributed by atoms with Gasteiger partial charge in [-0.1, -0.05) is 22.9 Å². The molecule has 0 aromatic heterocycles. The molecule has 0 bridgehead atoms. The van der Waals surface area contributed by atoms with Crippen LogP contribution in [-0.2, 0) is 4.79 Å². The van der Waals surface area contributed by atoms with Crippen molar-refractivity contribution in [1.29, 1.82) is 0 Å². The van der Waals surface area contributed by atoms with Crippen LogP contribution in [0, 0.1) is 5.92 Å². The van der Waals surface area contributed by atoms with Gasteiger partial charge in [-0.2, -0.15) is 0 Å². The minimum atomic E-state index is 0.0468. The Kier molecular flexibility index (Phi) is 5.79. The van der Waals surface area contributed by atoms with Crippen molar-refractivity contribution in [3.05, 3.63) is 34.3 Å². The Morgan fingerprint density at radius 3 is 2.43 bits per heavy atom. The van der Waals surface area contributed by atoms with Crippen LogP contribution in [0.5, 0.6) is 0 Å². The molecule has 114 valence electrons. The molecule has 1 aliphatic rings. The second kappa shape index (κ2) is 7.59. The summed E-state index contributed by atoms with van der Waals surface area (Å²) in [4.78, 5) is 26.1. The highest BCUT2D eigenvalue weighted by Crippen LogP contribution is 2.20. The Labute approximate surface area is 134 Å². The lowest BCUT2D eigenvalue weighted by Crippen LogP contribution is -2.43. The van der Waals surface area contributed by atoms with Crippen molar-refractivity contribution in [2.45, 2.75) is 26.2 Å². The molecule has 21 heavy (non-hydrogen) atoms. The number of halogens is 1. The van der Waals surface area contributed by atoms with E-state index in [1.165, 1.54) is 0 Å². The van der Waals surface area contributed by atoms with Gasteiger partial charge in [0.25, 0.3) is 5.91 Å². The van der Waals surface area contributed by atoms with Gasteiger partial charge in [-0.05, 0) is 43.5 Å². The van der Waals surface area contributed by atoms with Crippen molar-refractivity contribution in [2.24, 2.45) is 5.92 Å². The molecule has 0 unspecified atom stereocenters. The molecule has 1 fully saturated rings. The molecule has 2 amide bonds. The summed E-state index contributed by atoms with van der Waals surface area (Å²) in [5.41, 5.74) is 0.701. The summed E-state index contributed by atoms with van der Waals surface area (Å²) in [7, 11) is 0. The van der Waals surface area contributed by atoms with Gasteiger partial charge in [0.1, 0.15) is 0 Å². The molecule has 1 saturated heterocycles. The maximum atomic E-state index is 12.4. The lowest BCUT2D eigenvalue weighted by atomic mass is 9.95. The van der Waals surface area contributed by atoms with E-state index in [1.807, 2.05) is 36.1 Å². The molecule has 1 N–H and O–H groups in total. The molecule has 1 aromatic rings. The summed E-state index contributed by atoms with van der Waals surface area (Å²) < 4.78 is 0.963. The zero-order chi connectivity index (χ0) is 15.2. The molecule has 1 aromatic carbocycles. The van der Waals surface area contributed by atoms with Crippen LogP contribution in [0.3, 0.4) is 0 Å². The number of rotatable bonds is 4. The van der Waals surface area contributed by atoms with E-state index in [2.05, 4.69) is 21.2 Å². The van der Waals surface area contributed by atoms with Gasteiger partial charge < -0.3 is 10.2 Å². The SMILES string of the molecule is CCCNC(=O)C1CCN(C(=O)c2ccc(Br)cc2)CC1. The third-order valence-electron chi connectivity index (χ3n) is 3.79. The number of nitrogens with one attached hydrogen (secondary N) is 1. The van der Waals surface area contributed by atoms with Gasteiger partial charge in [-0.25, -0.2) is 0 Å². The van der Waals surface area contributed by atoms with Crippen molar-refractivity contribution in [3.8, 4) is 0 Å². The van der Waals surface area contributed by atoms with E-state index in [1.54, 1.807) is 0 Å². The predicted octanol–water partition coefficient (Wildman–Crippen LogP) is 2.83. The van der Waals surface area contributed by atoms with E-state index in [0.29, 0.717) is 18.7 Å². The Morgan fingerprint density at radius 2 is 1.86 bits per heavy atom. The zero-order valence-electron chi connectivity index (χ0n) is 12.3. The molecule has 0 saturated carbocycles. The fraction of sp³-hybridized carbons (Fsp3) is 0.500. The highest BCUT2D eigenvalue weighted by atomic mass is 79.9. The van der Waals surface area contributed by atoms with E-state index in [9.17, 15) is 9.59 Å². The second-order valence-electron chi connectivity index (χ2n) is 5.36. The van der Waals surface area contributed by atoms with Crippen molar-refractivity contribution < 1.29 is 9.59 Å². The van der Waals surface area contributed by atoms with E-state index >= 15 is 0 Å². The van der Waals surface area contributed by atoms with Gasteiger partial charge in [0.2, 0.25) is 5.91 Å². The average molecular weight is 353 g/mol. The van der Waals surface area contributed by atoms with Crippen LogP contribution in [-0.4, -0.2) is 36.3 Å². The molecule has 1 heterocycles. The average Bonchev–Trinajstić information content (AvgIpc) is 2.53. The lowest BCUT2D eigenvalue weighted by molar-refractivity contribution is -0.126. The molecule has 4 nitrogen and oxygen atoms in total. The summed E-state index contributed by atoms with van der Waals surface area (Å²) in [6.45, 7) is 4.08. The van der Waals surface area contributed by atoms with E-state index in [4.69, 9.17) is 0 Å². The van der Waals surface area contributed by atoms with Gasteiger partial charge in [-0.3, -0.25) is 9.59 Å². The smallest absolute Gasteiger partial charge is 0.253 e. The molecular formula is C16H21BrN2O2. The third kappa shape index (κ3) is 4.30. The fourth-order valence-electron chi connectivity index (χ4n) is 2.51. The minimum absolute atomic E-state index is 0.0468. The minimum Gasteiger partial charge on any atom is -0.356 e. The Morgan fingerprint density at radius 1 is 1.24 bits per heavy atom. The highest BCUT2D eigenvalue weighted by Gasteiger charge is 2.27. The van der Waals surface area contributed by atoms with Crippen molar-refractivity contribution in [1.82, 2.24) is 10.2 Å². The summed E-state index contributed by atoms with van der Waals surface area (Å²) in [6.07, 6.45) is 2.45. The largest absolute Gasteiger partial charge is 0.356 e. The molecule has 1 aliphatic heterocycles. The van der Waals surface area contributed by atoms with Crippen LogP contribution < -0.4 is 5.32 Å². The van der Waals surface area contributed by atoms with Crippen molar-refractivity contribution in [2.75, 3.05) is 19.6 Å². The maximum Gasteiger partial charge on any atom is 0.253 e. The number of likely N-dealkylation sites (tertiary alicyclic amines) is 1. The standard InChI is InChI=1S/C16H21BrN2O2/c1-2-9-18-15(20)12-7-10-19(11-8-12)16(21)13-3-5-14(17)6-4-13/h3-6,12H,2,7-11H2,1H3,(H,18,20). The molecular weight excluding hydrogens is 332 g/mol. The van der Waals surface area contributed by atoms with Crippen LogP contribution in [0.15, 0.2) is 28.7 Å². The Bertz CT molecular complexity index is 494. The first-order valence-electron chi connectivity index (χ1n) is 7.44. The van der Waals surface area contributed by atoms with Crippen LogP contribution in [0.25, 0.3) is 0 Å². The van der Waals surface area contributed by atoms with Gasteiger partial charge >= 0.3 is 0 Å². The third-order valence-corrected chi connectivity index (χ3v) is 4.32. The monoisotopic (exact) mass is 352 g/mol. The highest BCUT2D eigenvalue weighted by molar-refractivity contribution is 9.10. The van der Waals surface area contributed by atoms with Gasteiger partial charge in [0.15, 0.2) is 0 Å². The fourth-order valence-corrected chi connectivity index (χ4v) is 2.78. The molecule has 0 atom stereocenters. The van der Waals surface area contributed by atoms with Crippen molar-refractivity contribution in [3.63, 3.8) is 0 Å². The number of piperidine rings is 1. The topological polar surface area (TPSA) is 49.4 Å². The Hall–Kier alpha value is -1.36. The first-order chi connectivity index (χ1) is 10.1. The van der Waals surface area contributed by atoms with Crippen LogP contribution in [0.2, 0.25) is 0 Å². The number of amides is 2. The number of carbonyl (C=O) groups excluding carboxylic acids is 2. The normalized spacial score (nSPS) is 15.8. The summed E-state index contributed by atoms with van der Waals surface area (Å²) in [5.74, 6) is 0.230. The van der Waals surface area contributed by atoms with Crippen LogP contribution in [0.4, 0.5) is 0 Å². The quantitative estimate of drug-likeness (QED) is 0.905. The summed E-state index contributed by atoms with van der Waals surface area (Å²) in [6, 6.07) is 7.40. The predicted molar refractivity (Wildman–Crippen MR) is 86.1 cm³/mol. The van der Waals surface area contributed by atoms with Crippen LogP contribution in [0.1, 0.15) is 36.5 Å². The van der Waals surface area contributed by atoms with E-state index in [0.717, 1.165) is 30.3 Å². The summed E-state index contributed by atoms with van der Waals surface area (Å²) >= 11 is 3.37. The van der Waals surface area contributed by atoms with E-state index in [-0.39, 0.29) is 17.7 Å². The van der Waals surface area contributed by atoms with Gasteiger partial charge in [-0.15, -0.1) is 0 Å². The molecule has 0 spiro atoms. The van der Waals surface area contributed by atoms with E-state index < -0.39 is 0 Å². The maximum absolute atomic E-state index is 12.4. The number of benzene rings is 1. The second-order valence-corrected chi connectivity index (χ2v) is 6.28. The summed E-state index contributed by atoms with van der Waals surface area (Å²) in [5, 5.41) is 2.94. The number of nitrogens with zero attached hydrogens (tertiary/aromatic N) is 1. The van der Waals surface area contributed by atoms with Crippen LogP contribution >= 0.6 is 15.9 Å². The van der Waals surface area contributed by atoms with Gasteiger partial charge in [0.05, 0.1) is 0 Å². The Balaban J connectivity index is 1.87. The first-order valence-corrected chi connectivity index (χ1v) is 8.23. The van der Waals surface area contributed by atoms with Crippen molar-refractivity contribution >= 4 is 27.7 Å². The molecule has 0 aliphatic carbocycles. The van der Waals surface area contributed by atoms with Gasteiger partial charge in [0, 0.05) is 35.6 Å². The molecule has 5 heteroatoms. The first kappa shape index (κ1) is 16.0. The zero-order valence-corrected chi connectivity index (χ0v) is 13.9. The molecule has 2 rings (SSSR count).